The van der Waals surface area contributed by atoms with Crippen molar-refractivity contribution in [1.29, 1.82) is 0 Å². The van der Waals surface area contributed by atoms with Crippen LogP contribution in [0.25, 0.3) is 0 Å². The van der Waals surface area contributed by atoms with Crippen molar-refractivity contribution in [3.05, 3.63) is 0 Å². The van der Waals surface area contributed by atoms with Crippen LogP contribution < -0.4 is 10.1 Å². The first-order chi connectivity index (χ1) is 9.63. The van der Waals surface area contributed by atoms with E-state index in [1.54, 1.807) is 4.90 Å². The molecular weight excluding hydrogens is 284 g/mol. The van der Waals surface area contributed by atoms with Crippen molar-refractivity contribution in [2.24, 2.45) is 5.92 Å². The highest BCUT2D eigenvalue weighted by Crippen LogP contribution is 2.23. The predicted molar refractivity (Wildman–Crippen MR) is 71.8 cm³/mol. The average molecular weight is 300 g/mol. The molecule has 0 aliphatic carbocycles. The first-order valence-electron chi connectivity index (χ1n) is 6.15. The van der Waals surface area contributed by atoms with Crippen molar-refractivity contribution < 1.29 is 19.1 Å². The zero-order valence-corrected chi connectivity index (χ0v) is 12.1. The Hall–Kier alpha value is -1.90. The highest BCUT2D eigenvalue weighted by atomic mass is 32.1. The average Bonchev–Trinajstić information content (AvgIpc) is 2.94. The molecule has 20 heavy (non-hydrogen) atoms. The lowest BCUT2D eigenvalue weighted by molar-refractivity contribution is -0.146. The molecule has 1 N–H and O–H groups in total. The normalized spacial score (nSPS) is 18.5. The summed E-state index contributed by atoms with van der Waals surface area (Å²) in [6.45, 7) is 0.962. The molecule has 2 amide bonds. The molecule has 2 rings (SSSR count). The van der Waals surface area contributed by atoms with Gasteiger partial charge >= 0.3 is 12.0 Å². The van der Waals surface area contributed by atoms with Crippen LogP contribution in [0.5, 0.6) is 5.19 Å². The van der Waals surface area contributed by atoms with E-state index in [2.05, 4.69) is 15.5 Å². The maximum atomic E-state index is 12.1. The topological polar surface area (TPSA) is 93.7 Å². The van der Waals surface area contributed by atoms with Crippen LogP contribution in [-0.2, 0) is 9.53 Å². The third-order valence-corrected chi connectivity index (χ3v) is 3.84. The maximum absolute atomic E-state index is 12.1. The quantitative estimate of drug-likeness (QED) is 0.836. The van der Waals surface area contributed by atoms with E-state index in [1.807, 2.05) is 0 Å². The number of hydrogen-bond donors (Lipinski definition) is 1. The summed E-state index contributed by atoms with van der Waals surface area (Å²) in [5.74, 6) is -0.538. The van der Waals surface area contributed by atoms with E-state index < -0.39 is 0 Å². The number of aromatic nitrogens is 2. The van der Waals surface area contributed by atoms with Gasteiger partial charge in [0.1, 0.15) is 0 Å². The van der Waals surface area contributed by atoms with E-state index in [0.717, 1.165) is 24.2 Å². The highest BCUT2D eigenvalue weighted by Gasteiger charge is 2.29. The number of ether oxygens (including phenoxy) is 2. The Morgan fingerprint density at radius 1 is 1.40 bits per heavy atom. The molecule has 0 unspecified atom stereocenters. The number of hydrogen-bond acceptors (Lipinski definition) is 7. The second-order valence-electron chi connectivity index (χ2n) is 4.32. The van der Waals surface area contributed by atoms with Gasteiger partial charge in [0.05, 0.1) is 20.1 Å². The third-order valence-electron chi connectivity index (χ3n) is 3.04. The number of likely N-dealkylation sites (tertiary alicyclic amines) is 1. The number of carbonyl (C=O) groups excluding carboxylic acids is 2. The van der Waals surface area contributed by atoms with Gasteiger partial charge in [-0.2, -0.15) is 0 Å². The Labute approximate surface area is 120 Å². The molecule has 0 saturated carbocycles. The van der Waals surface area contributed by atoms with E-state index in [0.29, 0.717) is 23.4 Å². The van der Waals surface area contributed by atoms with Gasteiger partial charge in [0, 0.05) is 13.1 Å². The number of piperidine rings is 1. The van der Waals surface area contributed by atoms with Gasteiger partial charge in [-0.05, 0) is 24.2 Å². The van der Waals surface area contributed by atoms with Crippen molar-refractivity contribution in [3.8, 4) is 5.19 Å². The number of nitrogens with zero attached hydrogens (tertiary/aromatic N) is 3. The van der Waals surface area contributed by atoms with E-state index in [9.17, 15) is 9.59 Å². The Morgan fingerprint density at radius 3 is 2.85 bits per heavy atom. The molecule has 0 radical (unpaired) electrons. The third kappa shape index (κ3) is 3.35. The van der Waals surface area contributed by atoms with Crippen LogP contribution >= 0.6 is 11.3 Å². The summed E-state index contributed by atoms with van der Waals surface area (Å²) < 4.78 is 9.62. The fourth-order valence-corrected chi connectivity index (χ4v) is 2.58. The molecule has 1 aromatic rings. The number of carbonyl (C=O) groups is 2. The maximum Gasteiger partial charge on any atom is 0.323 e. The van der Waals surface area contributed by atoms with Gasteiger partial charge in [-0.25, -0.2) is 4.79 Å². The minimum atomic E-state index is -0.294. The first kappa shape index (κ1) is 14.5. The van der Waals surface area contributed by atoms with Crippen molar-refractivity contribution in [2.45, 2.75) is 12.8 Å². The molecule has 0 aromatic carbocycles. The molecule has 0 spiro atoms. The van der Waals surface area contributed by atoms with E-state index in [-0.39, 0.29) is 17.9 Å². The summed E-state index contributed by atoms with van der Waals surface area (Å²) in [6, 6.07) is -0.294. The number of esters is 1. The number of methoxy groups -OCH3 is 2. The Kier molecular flexibility index (Phi) is 4.72. The van der Waals surface area contributed by atoms with Gasteiger partial charge in [-0.15, -0.1) is 5.10 Å². The monoisotopic (exact) mass is 300 g/mol. The second-order valence-corrected chi connectivity index (χ2v) is 5.26. The molecule has 1 aliphatic rings. The standard InChI is InChI=1S/C11H16N4O4S/c1-18-8(16)7-4-3-5-15(6-7)10(17)12-9-13-14-11(19-2)20-9/h7H,3-6H2,1-2H3,(H,12,13,17)/t7-/m0/s1. The lowest BCUT2D eigenvalue weighted by Gasteiger charge is -2.30. The number of rotatable bonds is 3. The van der Waals surface area contributed by atoms with Crippen molar-refractivity contribution in [1.82, 2.24) is 15.1 Å². The molecule has 1 fully saturated rings. The molecule has 1 atom stereocenters. The number of anilines is 1. The van der Waals surface area contributed by atoms with E-state index in [1.165, 1.54) is 14.2 Å². The summed E-state index contributed by atoms with van der Waals surface area (Å²) in [5.41, 5.74) is 0. The molecule has 8 nitrogen and oxygen atoms in total. The number of urea groups is 1. The molecule has 1 aliphatic heterocycles. The molecule has 1 aromatic heterocycles. The molecular formula is C11H16N4O4S. The summed E-state index contributed by atoms with van der Waals surface area (Å²) in [7, 11) is 2.84. The zero-order valence-electron chi connectivity index (χ0n) is 11.3. The first-order valence-corrected chi connectivity index (χ1v) is 6.97. The minimum Gasteiger partial charge on any atom is -0.472 e. The van der Waals surface area contributed by atoms with E-state index >= 15 is 0 Å². The van der Waals surface area contributed by atoms with Crippen LogP contribution in [0.4, 0.5) is 9.93 Å². The predicted octanol–water partition coefficient (Wildman–Crippen LogP) is 0.964. The summed E-state index contributed by atoms with van der Waals surface area (Å²) in [5, 5.41) is 10.9. The van der Waals surface area contributed by atoms with Gasteiger partial charge in [0.25, 0.3) is 5.19 Å². The SMILES string of the molecule is COC(=O)[C@H]1CCCN(C(=O)Nc2nnc(OC)s2)C1. The summed E-state index contributed by atoms with van der Waals surface area (Å²) >= 11 is 1.14. The lowest BCUT2D eigenvalue weighted by Crippen LogP contribution is -2.44. The summed E-state index contributed by atoms with van der Waals surface area (Å²) in [6.07, 6.45) is 1.51. The Bertz CT molecular complexity index is 493. The largest absolute Gasteiger partial charge is 0.472 e. The van der Waals surface area contributed by atoms with Crippen LogP contribution in [0.2, 0.25) is 0 Å². The molecule has 110 valence electrons. The van der Waals surface area contributed by atoms with Crippen molar-refractivity contribution in [3.63, 3.8) is 0 Å². The van der Waals surface area contributed by atoms with Gasteiger partial charge in [-0.3, -0.25) is 10.1 Å². The fraction of sp³-hybridized carbons (Fsp3) is 0.636. The van der Waals surface area contributed by atoms with Crippen molar-refractivity contribution >= 4 is 28.5 Å². The number of amides is 2. The fourth-order valence-electron chi connectivity index (χ4n) is 2.03. The van der Waals surface area contributed by atoms with Crippen LogP contribution in [0, 0.1) is 5.92 Å². The molecule has 9 heteroatoms. The number of nitrogens with one attached hydrogen (secondary N) is 1. The van der Waals surface area contributed by atoms with Gasteiger partial charge in [-0.1, -0.05) is 5.10 Å². The molecule has 2 heterocycles. The van der Waals surface area contributed by atoms with Crippen LogP contribution in [0.15, 0.2) is 0 Å². The summed E-state index contributed by atoms with van der Waals surface area (Å²) in [4.78, 5) is 25.2. The van der Waals surface area contributed by atoms with Crippen LogP contribution in [0.1, 0.15) is 12.8 Å². The highest BCUT2D eigenvalue weighted by molar-refractivity contribution is 7.17. The van der Waals surface area contributed by atoms with Crippen LogP contribution in [-0.4, -0.2) is 54.4 Å². The molecule has 0 bridgehead atoms. The van der Waals surface area contributed by atoms with Crippen molar-refractivity contribution in [2.75, 3.05) is 32.6 Å². The second kappa shape index (κ2) is 6.51. The van der Waals surface area contributed by atoms with E-state index in [4.69, 9.17) is 9.47 Å². The van der Waals surface area contributed by atoms with Gasteiger partial charge in [0.15, 0.2) is 0 Å². The zero-order chi connectivity index (χ0) is 14.5. The Morgan fingerprint density at radius 2 is 2.20 bits per heavy atom. The Balaban J connectivity index is 1.93. The van der Waals surface area contributed by atoms with Crippen LogP contribution in [0.3, 0.4) is 0 Å². The minimum absolute atomic E-state index is 0.261. The smallest absolute Gasteiger partial charge is 0.323 e. The molecule has 1 saturated heterocycles. The lowest BCUT2D eigenvalue weighted by atomic mass is 9.98. The van der Waals surface area contributed by atoms with Gasteiger partial charge in [0.2, 0.25) is 5.13 Å². The van der Waals surface area contributed by atoms with Gasteiger partial charge < -0.3 is 14.4 Å².